The normalized spacial score (nSPS) is 11.8. The summed E-state index contributed by atoms with van der Waals surface area (Å²) in [5, 5.41) is 22.0. The Balaban J connectivity index is 0.000000109. The van der Waals surface area contributed by atoms with E-state index in [0.29, 0.717) is 0 Å². The van der Waals surface area contributed by atoms with Crippen LogP contribution < -0.4 is 0 Å². The fourth-order valence-corrected chi connectivity index (χ4v) is 23.7. The molecule has 27 aromatic rings. The lowest BCUT2D eigenvalue weighted by Crippen LogP contribution is -1.89. The van der Waals surface area contributed by atoms with Crippen molar-refractivity contribution < 1.29 is 0 Å². The maximum Gasteiger partial charge on any atom is 0.0971 e. The highest BCUT2D eigenvalue weighted by Gasteiger charge is 2.23. The molecule has 0 N–H and O–H groups in total. The Morgan fingerprint density at radius 3 is 0.856 bits per heavy atom. The third-order valence-electron chi connectivity index (χ3n) is 26.5. The number of fused-ring (bicyclic) bond motifs is 27. The van der Waals surface area contributed by atoms with Gasteiger partial charge in [0.15, 0.2) is 0 Å². The topological polar surface area (TPSA) is 77.3 Å². The number of benzene rings is 21. The number of aromatic nitrogens is 6. The van der Waals surface area contributed by atoms with Gasteiger partial charge in [-0.15, -0.1) is 34.0 Å². The summed E-state index contributed by atoms with van der Waals surface area (Å²) in [5.74, 6) is 0. The van der Waals surface area contributed by atoms with Crippen LogP contribution in [-0.2, 0) is 0 Å². The van der Waals surface area contributed by atoms with Crippen LogP contribution in [0.25, 0.3) is 258 Å². The molecule has 21 aromatic carbocycles. The van der Waals surface area contributed by atoms with E-state index < -0.39 is 0 Å². The van der Waals surface area contributed by atoms with Crippen LogP contribution in [0.4, 0.5) is 0 Å². The molecule has 0 atom stereocenters. The van der Waals surface area contributed by atoms with Gasteiger partial charge in [-0.3, -0.25) is 29.9 Å². The van der Waals surface area contributed by atoms with E-state index in [1.807, 2.05) is 34.0 Å². The molecule has 0 aliphatic heterocycles. The van der Waals surface area contributed by atoms with E-state index in [4.69, 9.17) is 19.9 Å². The molecule has 0 bridgehead atoms. The minimum atomic E-state index is 0.937. The molecule has 6 nitrogen and oxygen atoms in total. The zero-order valence-electron chi connectivity index (χ0n) is 72.2. The predicted molar refractivity (Wildman–Crippen MR) is 565 cm³/mol. The molecule has 9 heteroatoms. The van der Waals surface area contributed by atoms with E-state index in [9.17, 15) is 0 Å². The number of rotatable bonds is 9. The maximum absolute atomic E-state index is 4.77. The first-order chi connectivity index (χ1) is 65.1. The van der Waals surface area contributed by atoms with Crippen molar-refractivity contribution in [2.75, 3.05) is 0 Å². The molecule has 132 heavy (non-hydrogen) atoms. The van der Waals surface area contributed by atoms with Gasteiger partial charge in [0.2, 0.25) is 0 Å². The van der Waals surface area contributed by atoms with E-state index in [1.165, 1.54) is 210 Å². The third-order valence-corrected chi connectivity index (χ3v) is 30.4. The van der Waals surface area contributed by atoms with E-state index in [0.717, 1.165) is 65.4 Å². The second kappa shape index (κ2) is 32.3. The molecule has 0 amide bonds. The van der Waals surface area contributed by atoms with Crippen LogP contribution in [0.5, 0.6) is 0 Å². The SMILES string of the molecule is Cc1ccc2sc3ccc(-c4cccc(-c5ccc6c(c5)c5ccccc5c5nccnc65)c4)cc3c2c1.Cc1cccc2c1sc1c(C)cc(-c3cccc(-c4ccc5c(c4)c4ccccc4c4nccnc54)c3)cc12.c1ccc(-c2cc(-c3ccccc3)c3sc4c(-c5ccccc5)cc(-c5cccc(-c6ccc7c(c6)c6ccccc6c6nccnc76)c5)cc4c3c2)cc1. The van der Waals surface area contributed by atoms with Crippen LogP contribution in [0.3, 0.4) is 0 Å². The lowest BCUT2D eigenvalue weighted by molar-refractivity contribution is 1.31. The van der Waals surface area contributed by atoms with Crippen molar-refractivity contribution in [2.24, 2.45) is 0 Å². The Kier molecular flexibility index (Phi) is 19.1. The molecular weight excluding hydrogens is 1660 g/mol. The molecule has 0 fully saturated rings. The number of hydrogen-bond donors (Lipinski definition) is 0. The van der Waals surface area contributed by atoms with Crippen molar-refractivity contribution in [2.45, 2.75) is 20.8 Å². The average Bonchev–Trinajstić information content (AvgIpc) is 1.69. The van der Waals surface area contributed by atoms with Gasteiger partial charge in [-0.05, 0) is 250 Å². The van der Waals surface area contributed by atoms with Crippen LogP contribution in [0.15, 0.2) is 419 Å². The Bertz CT molecular complexity index is 9300. The van der Waals surface area contributed by atoms with Crippen molar-refractivity contribution in [1.82, 2.24) is 29.9 Å². The molecule has 0 radical (unpaired) electrons. The summed E-state index contributed by atoms with van der Waals surface area (Å²) < 4.78 is 8.07. The number of aryl methyl sites for hydroxylation is 3. The van der Waals surface area contributed by atoms with Crippen LogP contribution in [-0.4, -0.2) is 29.9 Å². The zero-order valence-corrected chi connectivity index (χ0v) is 74.7. The van der Waals surface area contributed by atoms with Crippen molar-refractivity contribution in [1.29, 1.82) is 0 Å². The average molecular weight is 1740 g/mol. The fourth-order valence-electron chi connectivity index (χ4n) is 20.1. The molecule has 0 spiro atoms. The summed E-state index contributed by atoms with van der Waals surface area (Å²) in [4.78, 5) is 28.3. The van der Waals surface area contributed by atoms with Gasteiger partial charge in [0, 0.05) is 141 Å². The third kappa shape index (κ3) is 13.6. The van der Waals surface area contributed by atoms with Gasteiger partial charge in [-0.25, -0.2) is 0 Å². The van der Waals surface area contributed by atoms with Crippen molar-refractivity contribution >= 4 is 192 Å². The first-order valence-electron chi connectivity index (χ1n) is 44.7. The quantitative estimate of drug-likeness (QED) is 0.134. The molecule has 0 aliphatic rings. The fraction of sp³-hybridized carbons (Fsp3) is 0.0244. The van der Waals surface area contributed by atoms with E-state index >= 15 is 0 Å². The molecule has 0 unspecified atom stereocenters. The highest BCUT2D eigenvalue weighted by molar-refractivity contribution is 7.27. The molecule has 618 valence electrons. The van der Waals surface area contributed by atoms with E-state index in [-0.39, 0.29) is 0 Å². The smallest absolute Gasteiger partial charge is 0.0971 e. The second-order valence-corrected chi connectivity index (χ2v) is 37.6. The Morgan fingerprint density at radius 1 is 0.152 bits per heavy atom. The first-order valence-corrected chi connectivity index (χ1v) is 47.1. The monoisotopic (exact) mass is 1730 g/mol. The van der Waals surface area contributed by atoms with Crippen molar-refractivity contribution in [3.05, 3.63) is 436 Å². The Hall–Kier alpha value is -16.1. The molecule has 0 aliphatic carbocycles. The summed E-state index contributed by atoms with van der Waals surface area (Å²) >= 11 is 5.68. The lowest BCUT2D eigenvalue weighted by Gasteiger charge is -2.12. The molecule has 6 heterocycles. The second-order valence-electron chi connectivity index (χ2n) is 34.5. The molecule has 27 rings (SSSR count). The van der Waals surface area contributed by atoms with Gasteiger partial charge in [0.05, 0.1) is 33.1 Å². The van der Waals surface area contributed by atoms with Gasteiger partial charge < -0.3 is 0 Å². The van der Waals surface area contributed by atoms with Crippen molar-refractivity contribution in [3.8, 4) is 100 Å². The van der Waals surface area contributed by atoms with Gasteiger partial charge in [-0.2, -0.15) is 0 Å². The van der Waals surface area contributed by atoms with Gasteiger partial charge >= 0.3 is 0 Å². The Morgan fingerprint density at radius 2 is 0.432 bits per heavy atom. The Labute approximate surface area is 773 Å². The van der Waals surface area contributed by atoms with E-state index in [1.54, 1.807) is 37.2 Å². The maximum atomic E-state index is 4.77. The summed E-state index contributed by atoms with van der Waals surface area (Å²) in [5.41, 5.74) is 31.6. The van der Waals surface area contributed by atoms with Crippen LogP contribution in [0.1, 0.15) is 16.7 Å². The zero-order chi connectivity index (χ0) is 87.6. The highest BCUT2D eigenvalue weighted by Crippen LogP contribution is 2.50. The molecule has 0 saturated carbocycles. The van der Waals surface area contributed by atoms with Gasteiger partial charge in [-0.1, -0.05) is 291 Å². The summed E-state index contributed by atoms with van der Waals surface area (Å²) in [6, 6.07) is 140. The summed E-state index contributed by atoms with van der Waals surface area (Å²) in [7, 11) is 0. The van der Waals surface area contributed by atoms with Crippen LogP contribution in [0.2, 0.25) is 0 Å². The highest BCUT2D eigenvalue weighted by atomic mass is 32.1. The first kappa shape index (κ1) is 78.1. The van der Waals surface area contributed by atoms with Crippen molar-refractivity contribution in [3.63, 3.8) is 0 Å². The largest absolute Gasteiger partial charge is 0.252 e. The van der Waals surface area contributed by atoms with Crippen LogP contribution in [0, 0.1) is 20.8 Å². The number of nitrogens with zero attached hydrogens (tertiary/aromatic N) is 6. The van der Waals surface area contributed by atoms with Crippen LogP contribution >= 0.6 is 34.0 Å². The van der Waals surface area contributed by atoms with Gasteiger partial charge in [0.1, 0.15) is 0 Å². The molecule has 6 aromatic heterocycles. The number of hydrogen-bond acceptors (Lipinski definition) is 9. The number of thiophene rings is 3. The lowest BCUT2D eigenvalue weighted by atomic mass is 9.91. The van der Waals surface area contributed by atoms with Gasteiger partial charge in [0.25, 0.3) is 0 Å². The summed E-state index contributed by atoms with van der Waals surface area (Å²) in [6.45, 7) is 6.61. The predicted octanol–water partition coefficient (Wildman–Crippen LogP) is 34.8. The standard InChI is InChI=1S/C52H32N2S.C36H24N2S.C35H22N2S/c1-4-13-33(14-5-1)39-29-44(34-15-6-2-7-16-34)51-47(31-39)48-32-40(30-45(52(48)55-51)35-17-8-3-9-18-35)37-20-12-19-36(27-37)38-23-24-43-46(28-38)41-21-10-11-22-42(41)49-50(43)54-26-25-53-49;1-21-7-5-12-30-32-20-26(17-22(2)36(32)39-35(21)30)24-9-6-8-23(18-24)25-13-14-29-31(19-25)27-10-3-4-11-28(27)33-34(29)38-16-15-37-33;1-21-9-13-32-30(17-21)31-20-25(11-14-33(31)38-32)23-6-4-5-22(18-23)24-10-12-28-29(19-24)26-7-2-3-8-27(26)34-35(28)37-16-15-36-34/h1-32H;3-20H,1-2H3;2-20H,1H3. The minimum Gasteiger partial charge on any atom is -0.252 e. The molecular formula is C123H78N6S3. The minimum absolute atomic E-state index is 0.937. The summed E-state index contributed by atoms with van der Waals surface area (Å²) in [6.07, 6.45) is 10.7. The van der Waals surface area contributed by atoms with E-state index in [2.05, 4.69) is 413 Å². The molecule has 0 saturated heterocycles.